The van der Waals surface area contributed by atoms with E-state index in [0.717, 1.165) is 50.4 Å². The van der Waals surface area contributed by atoms with Crippen molar-refractivity contribution in [2.24, 2.45) is 4.99 Å². The second-order valence-corrected chi connectivity index (χ2v) is 6.91. The third-order valence-electron chi connectivity index (χ3n) is 4.11. The van der Waals surface area contributed by atoms with Crippen molar-refractivity contribution in [2.75, 3.05) is 50.4 Å². The summed E-state index contributed by atoms with van der Waals surface area (Å²) in [5.74, 6) is 2.27. The molecule has 0 aliphatic carbocycles. The first-order chi connectivity index (χ1) is 12.8. The normalized spacial score (nSPS) is 15.2. The number of hydrogen-bond acceptors (Lipinski definition) is 5. The van der Waals surface area contributed by atoms with Gasteiger partial charge in [0.1, 0.15) is 5.82 Å². The number of hydrogen-bond donors (Lipinski definition) is 1. The minimum atomic E-state index is -0.166. The Hall–Kier alpha value is -2.35. The van der Waals surface area contributed by atoms with Crippen LogP contribution >= 0.6 is 11.8 Å². The third kappa shape index (κ3) is 4.85. The Balaban J connectivity index is 1.43. The standard InChI is InChI=1S/C18H23FN6S/c1-20-17(23-9-14-26-16-6-3-2-5-15(16)19)24-10-12-25(13-11-24)18-21-7-4-8-22-18/h2-8H,9-14H2,1H3,(H,20,23). The lowest BCUT2D eigenvalue weighted by molar-refractivity contribution is 0.371. The molecular formula is C18H23FN6S. The molecule has 0 unspecified atom stereocenters. The quantitative estimate of drug-likeness (QED) is 0.374. The summed E-state index contributed by atoms with van der Waals surface area (Å²) >= 11 is 1.51. The molecule has 0 bridgehead atoms. The van der Waals surface area contributed by atoms with E-state index >= 15 is 0 Å². The highest BCUT2D eigenvalue weighted by atomic mass is 32.2. The Morgan fingerprint density at radius 1 is 1.15 bits per heavy atom. The molecule has 1 aromatic carbocycles. The highest BCUT2D eigenvalue weighted by Gasteiger charge is 2.20. The van der Waals surface area contributed by atoms with E-state index in [4.69, 9.17) is 0 Å². The van der Waals surface area contributed by atoms with E-state index in [1.807, 2.05) is 12.1 Å². The van der Waals surface area contributed by atoms with Crippen molar-refractivity contribution in [1.82, 2.24) is 20.2 Å². The number of piperazine rings is 1. The molecular weight excluding hydrogens is 351 g/mol. The van der Waals surface area contributed by atoms with Crippen LogP contribution in [0.2, 0.25) is 0 Å². The van der Waals surface area contributed by atoms with Gasteiger partial charge in [0.05, 0.1) is 0 Å². The van der Waals surface area contributed by atoms with Crippen LogP contribution in [-0.4, -0.2) is 66.4 Å². The number of rotatable bonds is 5. The smallest absolute Gasteiger partial charge is 0.225 e. The van der Waals surface area contributed by atoms with Crippen LogP contribution in [0, 0.1) is 5.82 Å². The molecule has 26 heavy (non-hydrogen) atoms. The number of aromatic nitrogens is 2. The fourth-order valence-electron chi connectivity index (χ4n) is 2.79. The van der Waals surface area contributed by atoms with E-state index in [0.29, 0.717) is 4.90 Å². The molecule has 138 valence electrons. The summed E-state index contributed by atoms with van der Waals surface area (Å²) in [6.45, 7) is 4.16. The van der Waals surface area contributed by atoms with Crippen molar-refractivity contribution in [2.45, 2.75) is 4.90 Å². The lowest BCUT2D eigenvalue weighted by atomic mass is 10.3. The number of nitrogens with one attached hydrogen (secondary N) is 1. The van der Waals surface area contributed by atoms with E-state index in [2.05, 4.69) is 30.1 Å². The Morgan fingerprint density at radius 2 is 1.88 bits per heavy atom. The van der Waals surface area contributed by atoms with Crippen molar-refractivity contribution in [3.8, 4) is 0 Å². The molecule has 0 atom stereocenters. The SMILES string of the molecule is CN=C(NCCSc1ccccc1F)N1CCN(c2ncccn2)CC1. The van der Waals surface area contributed by atoms with Crippen molar-refractivity contribution >= 4 is 23.7 Å². The number of nitrogens with zero attached hydrogens (tertiary/aromatic N) is 5. The third-order valence-corrected chi connectivity index (χ3v) is 5.16. The summed E-state index contributed by atoms with van der Waals surface area (Å²) in [6, 6.07) is 8.68. The average molecular weight is 374 g/mol. The topological polar surface area (TPSA) is 56.7 Å². The van der Waals surface area contributed by atoms with Crippen molar-refractivity contribution in [3.63, 3.8) is 0 Å². The summed E-state index contributed by atoms with van der Waals surface area (Å²) in [6.07, 6.45) is 3.53. The van der Waals surface area contributed by atoms with Crippen molar-refractivity contribution < 1.29 is 4.39 Å². The van der Waals surface area contributed by atoms with Gasteiger partial charge in [0.15, 0.2) is 5.96 Å². The molecule has 1 fully saturated rings. The second-order valence-electron chi connectivity index (χ2n) is 5.78. The minimum Gasteiger partial charge on any atom is -0.355 e. The number of guanidine groups is 1. The van der Waals surface area contributed by atoms with Gasteiger partial charge in [0.2, 0.25) is 5.95 Å². The first kappa shape index (κ1) is 18.4. The number of anilines is 1. The Labute approximate surface area is 157 Å². The van der Waals surface area contributed by atoms with Gasteiger partial charge in [-0.15, -0.1) is 11.8 Å². The van der Waals surface area contributed by atoms with Gasteiger partial charge in [-0.1, -0.05) is 12.1 Å². The number of thioether (sulfide) groups is 1. The van der Waals surface area contributed by atoms with E-state index in [9.17, 15) is 4.39 Å². The highest BCUT2D eigenvalue weighted by Crippen LogP contribution is 2.20. The van der Waals surface area contributed by atoms with Gasteiger partial charge < -0.3 is 15.1 Å². The highest BCUT2D eigenvalue weighted by molar-refractivity contribution is 7.99. The number of aliphatic imine (C=N–C) groups is 1. The predicted octanol–water partition coefficient (Wildman–Crippen LogP) is 2.11. The lowest BCUT2D eigenvalue weighted by Gasteiger charge is -2.36. The van der Waals surface area contributed by atoms with Crippen LogP contribution in [0.4, 0.5) is 10.3 Å². The molecule has 1 aliphatic rings. The molecule has 0 saturated carbocycles. The van der Waals surface area contributed by atoms with Gasteiger partial charge in [0.25, 0.3) is 0 Å². The zero-order valence-corrected chi connectivity index (χ0v) is 15.6. The molecule has 0 spiro atoms. The number of halogens is 1. The fourth-order valence-corrected chi connectivity index (χ4v) is 3.60. The van der Waals surface area contributed by atoms with Crippen LogP contribution in [0.1, 0.15) is 0 Å². The maximum absolute atomic E-state index is 13.6. The summed E-state index contributed by atoms with van der Waals surface area (Å²) in [7, 11) is 1.79. The van der Waals surface area contributed by atoms with Gasteiger partial charge in [-0.3, -0.25) is 4.99 Å². The van der Waals surface area contributed by atoms with Gasteiger partial charge >= 0.3 is 0 Å². The van der Waals surface area contributed by atoms with Gasteiger partial charge in [-0.05, 0) is 18.2 Å². The van der Waals surface area contributed by atoms with Gasteiger partial charge in [-0.2, -0.15) is 0 Å². The van der Waals surface area contributed by atoms with Gasteiger partial charge in [0, 0.05) is 62.8 Å². The van der Waals surface area contributed by atoms with Crippen LogP contribution < -0.4 is 10.2 Å². The molecule has 6 nitrogen and oxygen atoms in total. The predicted molar refractivity (Wildman–Crippen MR) is 104 cm³/mol. The van der Waals surface area contributed by atoms with Crippen LogP contribution in [0.3, 0.4) is 0 Å². The second kappa shape index (κ2) is 9.38. The van der Waals surface area contributed by atoms with Crippen LogP contribution in [-0.2, 0) is 0 Å². The molecule has 3 rings (SSSR count). The van der Waals surface area contributed by atoms with Crippen molar-refractivity contribution in [3.05, 3.63) is 48.5 Å². The van der Waals surface area contributed by atoms with E-state index in [1.54, 1.807) is 31.6 Å². The van der Waals surface area contributed by atoms with E-state index < -0.39 is 0 Å². The van der Waals surface area contributed by atoms with Crippen LogP contribution in [0.15, 0.2) is 52.6 Å². The Bertz CT molecular complexity index is 719. The average Bonchev–Trinajstić information content (AvgIpc) is 2.70. The summed E-state index contributed by atoms with van der Waals surface area (Å²) < 4.78 is 13.6. The lowest BCUT2D eigenvalue weighted by Crippen LogP contribution is -2.53. The number of benzene rings is 1. The molecule has 2 aromatic rings. The van der Waals surface area contributed by atoms with Gasteiger partial charge in [-0.25, -0.2) is 14.4 Å². The summed E-state index contributed by atoms with van der Waals surface area (Å²) in [5.41, 5.74) is 0. The fraction of sp³-hybridized carbons (Fsp3) is 0.389. The van der Waals surface area contributed by atoms with E-state index in [1.165, 1.54) is 17.8 Å². The summed E-state index contributed by atoms with van der Waals surface area (Å²) in [5, 5.41) is 3.37. The van der Waals surface area contributed by atoms with Crippen LogP contribution in [0.25, 0.3) is 0 Å². The minimum absolute atomic E-state index is 0.166. The monoisotopic (exact) mass is 374 g/mol. The first-order valence-corrected chi connectivity index (χ1v) is 9.61. The molecule has 2 heterocycles. The zero-order valence-electron chi connectivity index (χ0n) is 14.8. The molecule has 0 radical (unpaired) electrons. The molecule has 1 N–H and O–H groups in total. The maximum Gasteiger partial charge on any atom is 0.225 e. The van der Waals surface area contributed by atoms with E-state index in [-0.39, 0.29) is 5.82 Å². The first-order valence-electron chi connectivity index (χ1n) is 8.63. The molecule has 0 amide bonds. The molecule has 1 aliphatic heterocycles. The maximum atomic E-state index is 13.6. The van der Waals surface area contributed by atoms with Crippen molar-refractivity contribution in [1.29, 1.82) is 0 Å². The van der Waals surface area contributed by atoms with Crippen LogP contribution in [0.5, 0.6) is 0 Å². The largest absolute Gasteiger partial charge is 0.355 e. The zero-order chi connectivity index (χ0) is 18.2. The Morgan fingerprint density at radius 3 is 2.58 bits per heavy atom. The molecule has 8 heteroatoms. The summed E-state index contributed by atoms with van der Waals surface area (Å²) in [4.78, 5) is 18.1. The molecule has 1 aromatic heterocycles. The Kier molecular flexibility index (Phi) is 6.65. The molecule has 1 saturated heterocycles.